The number of amides is 1. The third-order valence-corrected chi connectivity index (χ3v) is 4.19. The van der Waals surface area contributed by atoms with Gasteiger partial charge in [0.1, 0.15) is 11.3 Å². The average molecular weight is 311 g/mol. The Balaban J connectivity index is 1.67. The summed E-state index contributed by atoms with van der Waals surface area (Å²) in [4.78, 5) is 23.5. The van der Waals surface area contributed by atoms with Gasteiger partial charge in [0.25, 0.3) is 5.91 Å². The van der Waals surface area contributed by atoms with Gasteiger partial charge < -0.3 is 13.8 Å². The van der Waals surface area contributed by atoms with E-state index in [0.717, 1.165) is 24.9 Å². The van der Waals surface area contributed by atoms with E-state index in [-0.39, 0.29) is 11.9 Å². The zero-order valence-corrected chi connectivity index (χ0v) is 12.8. The van der Waals surface area contributed by atoms with Gasteiger partial charge in [0.2, 0.25) is 5.89 Å². The maximum Gasteiger partial charge on any atom is 0.274 e. The molecular formula is C16H17N5O2. The first-order chi connectivity index (χ1) is 11.2. The lowest BCUT2D eigenvalue weighted by Gasteiger charge is -2.33. The molecule has 1 atom stereocenters. The molecule has 0 aliphatic carbocycles. The first-order valence-electron chi connectivity index (χ1n) is 7.77. The van der Waals surface area contributed by atoms with Crippen molar-refractivity contribution in [1.82, 2.24) is 24.4 Å². The number of hydrogen-bond donors (Lipinski definition) is 0. The average Bonchev–Trinajstić information content (AvgIpc) is 3.20. The standard InChI is InChI=1S/C16H17N5O2/c1-11-17-15(19-23-11)13-6-2-5-9-21(13)16(22)12-10-20-8-4-3-7-14(20)18-12/h3-4,7-8,10,13H,2,5-6,9H2,1H3. The molecule has 7 heteroatoms. The minimum absolute atomic E-state index is 0.0825. The largest absolute Gasteiger partial charge is 0.340 e. The molecule has 1 aliphatic heterocycles. The van der Waals surface area contributed by atoms with Gasteiger partial charge in [-0.15, -0.1) is 0 Å². The van der Waals surface area contributed by atoms with Gasteiger partial charge in [-0.25, -0.2) is 4.98 Å². The molecule has 0 aromatic carbocycles. The lowest BCUT2D eigenvalue weighted by atomic mass is 10.0. The second-order valence-electron chi connectivity index (χ2n) is 5.77. The van der Waals surface area contributed by atoms with Gasteiger partial charge in [-0.3, -0.25) is 4.79 Å². The molecule has 0 spiro atoms. The van der Waals surface area contributed by atoms with E-state index in [1.54, 1.807) is 13.1 Å². The van der Waals surface area contributed by atoms with Gasteiger partial charge in [-0.2, -0.15) is 4.98 Å². The molecule has 118 valence electrons. The van der Waals surface area contributed by atoms with Crippen molar-refractivity contribution in [2.24, 2.45) is 0 Å². The highest BCUT2D eigenvalue weighted by Gasteiger charge is 2.32. The monoisotopic (exact) mass is 311 g/mol. The molecule has 3 aromatic rings. The van der Waals surface area contributed by atoms with Crippen molar-refractivity contribution in [3.8, 4) is 0 Å². The van der Waals surface area contributed by atoms with Crippen molar-refractivity contribution in [3.05, 3.63) is 48.0 Å². The first-order valence-corrected chi connectivity index (χ1v) is 7.77. The predicted octanol–water partition coefficient (Wildman–Crippen LogP) is 2.39. The Morgan fingerprint density at radius 3 is 3.00 bits per heavy atom. The Bertz CT molecular complexity index is 820. The number of aryl methyl sites for hydroxylation is 1. The molecule has 4 rings (SSSR count). The third-order valence-electron chi connectivity index (χ3n) is 4.19. The number of aromatic nitrogens is 4. The number of nitrogens with zero attached hydrogens (tertiary/aromatic N) is 5. The number of carbonyl (C=O) groups excluding carboxylic acids is 1. The highest BCUT2D eigenvalue weighted by Crippen LogP contribution is 2.30. The zero-order valence-electron chi connectivity index (χ0n) is 12.8. The van der Waals surface area contributed by atoms with Crippen LogP contribution in [0.15, 0.2) is 35.1 Å². The number of carbonyl (C=O) groups is 1. The molecule has 23 heavy (non-hydrogen) atoms. The van der Waals surface area contributed by atoms with Crippen LogP contribution < -0.4 is 0 Å². The van der Waals surface area contributed by atoms with Crippen molar-refractivity contribution in [3.63, 3.8) is 0 Å². The number of rotatable bonds is 2. The number of hydrogen-bond acceptors (Lipinski definition) is 5. The highest BCUT2D eigenvalue weighted by molar-refractivity contribution is 5.93. The van der Waals surface area contributed by atoms with Crippen LogP contribution in [0.5, 0.6) is 0 Å². The maximum absolute atomic E-state index is 12.9. The van der Waals surface area contributed by atoms with Gasteiger partial charge >= 0.3 is 0 Å². The summed E-state index contributed by atoms with van der Waals surface area (Å²) in [6.07, 6.45) is 6.53. The third kappa shape index (κ3) is 2.48. The van der Waals surface area contributed by atoms with Crippen molar-refractivity contribution in [2.75, 3.05) is 6.54 Å². The summed E-state index contributed by atoms with van der Waals surface area (Å²) in [5.41, 5.74) is 1.21. The van der Waals surface area contributed by atoms with Crippen molar-refractivity contribution >= 4 is 11.6 Å². The van der Waals surface area contributed by atoms with E-state index in [1.807, 2.05) is 33.7 Å². The highest BCUT2D eigenvalue weighted by atomic mass is 16.5. The summed E-state index contributed by atoms with van der Waals surface area (Å²) in [5.74, 6) is 1.02. The molecule has 1 amide bonds. The minimum Gasteiger partial charge on any atom is -0.340 e. The van der Waals surface area contributed by atoms with Crippen LogP contribution in [0.1, 0.15) is 47.5 Å². The van der Waals surface area contributed by atoms with E-state index in [4.69, 9.17) is 4.52 Å². The molecule has 0 bridgehead atoms. The van der Waals surface area contributed by atoms with E-state index in [2.05, 4.69) is 15.1 Å². The molecule has 0 radical (unpaired) electrons. The number of imidazole rings is 1. The topological polar surface area (TPSA) is 76.5 Å². The van der Waals surface area contributed by atoms with Crippen molar-refractivity contribution in [2.45, 2.75) is 32.2 Å². The van der Waals surface area contributed by atoms with E-state index >= 15 is 0 Å². The van der Waals surface area contributed by atoms with Gasteiger partial charge in [-0.1, -0.05) is 11.2 Å². The lowest BCUT2D eigenvalue weighted by molar-refractivity contribution is 0.0591. The molecule has 1 aliphatic rings. The minimum atomic E-state index is -0.140. The molecule has 1 saturated heterocycles. The smallest absolute Gasteiger partial charge is 0.274 e. The van der Waals surface area contributed by atoms with Crippen molar-refractivity contribution < 1.29 is 9.32 Å². The first kappa shape index (κ1) is 13.9. The Kier molecular flexibility index (Phi) is 3.33. The molecule has 1 unspecified atom stereocenters. The molecular weight excluding hydrogens is 294 g/mol. The summed E-state index contributed by atoms with van der Waals surface area (Å²) in [6, 6.07) is 5.56. The molecule has 4 heterocycles. The van der Waals surface area contributed by atoms with E-state index in [9.17, 15) is 4.79 Å². The Morgan fingerprint density at radius 2 is 2.22 bits per heavy atom. The van der Waals surface area contributed by atoms with Gasteiger partial charge in [0.15, 0.2) is 5.82 Å². The quantitative estimate of drug-likeness (QED) is 0.726. The van der Waals surface area contributed by atoms with Crippen LogP contribution >= 0.6 is 0 Å². The lowest BCUT2D eigenvalue weighted by Crippen LogP contribution is -2.39. The van der Waals surface area contributed by atoms with Gasteiger partial charge in [-0.05, 0) is 31.4 Å². The number of pyridine rings is 1. The molecule has 1 fully saturated rings. The van der Waals surface area contributed by atoms with Gasteiger partial charge in [0.05, 0.1) is 6.04 Å². The van der Waals surface area contributed by atoms with Crippen LogP contribution in [-0.2, 0) is 0 Å². The Labute approximate surface area is 132 Å². The molecule has 0 saturated carbocycles. The van der Waals surface area contributed by atoms with Crippen LogP contribution in [0.4, 0.5) is 0 Å². The number of fused-ring (bicyclic) bond motifs is 1. The second kappa shape index (κ2) is 5.49. The number of piperidine rings is 1. The summed E-state index contributed by atoms with van der Waals surface area (Å²) in [5, 5.41) is 4.00. The van der Waals surface area contributed by atoms with Gasteiger partial charge in [0, 0.05) is 25.9 Å². The zero-order chi connectivity index (χ0) is 15.8. The molecule has 0 N–H and O–H groups in total. The normalized spacial score (nSPS) is 18.5. The van der Waals surface area contributed by atoms with Crippen LogP contribution in [0, 0.1) is 6.92 Å². The fourth-order valence-corrected chi connectivity index (χ4v) is 3.08. The molecule has 3 aromatic heterocycles. The Hall–Kier alpha value is -2.70. The fraction of sp³-hybridized carbons (Fsp3) is 0.375. The van der Waals surface area contributed by atoms with E-state index in [1.165, 1.54) is 0 Å². The second-order valence-corrected chi connectivity index (χ2v) is 5.77. The van der Waals surface area contributed by atoms with Crippen molar-refractivity contribution in [1.29, 1.82) is 0 Å². The predicted molar refractivity (Wildman–Crippen MR) is 81.9 cm³/mol. The van der Waals surface area contributed by atoms with E-state index in [0.29, 0.717) is 24.0 Å². The summed E-state index contributed by atoms with van der Waals surface area (Å²) < 4.78 is 6.93. The van der Waals surface area contributed by atoms with Crippen LogP contribution in [0.25, 0.3) is 5.65 Å². The summed E-state index contributed by atoms with van der Waals surface area (Å²) >= 11 is 0. The Morgan fingerprint density at radius 1 is 1.30 bits per heavy atom. The van der Waals surface area contributed by atoms with E-state index < -0.39 is 0 Å². The molecule has 7 nitrogen and oxygen atoms in total. The number of likely N-dealkylation sites (tertiary alicyclic amines) is 1. The van der Waals surface area contributed by atoms with Crippen LogP contribution in [0.3, 0.4) is 0 Å². The maximum atomic E-state index is 12.9. The SMILES string of the molecule is Cc1nc(C2CCCCN2C(=O)c2cn3ccccc3n2)no1. The van der Waals surface area contributed by atoms with Crippen LogP contribution in [-0.4, -0.2) is 36.9 Å². The summed E-state index contributed by atoms with van der Waals surface area (Å²) in [6.45, 7) is 2.44. The fourth-order valence-electron chi connectivity index (χ4n) is 3.08. The summed E-state index contributed by atoms with van der Waals surface area (Å²) in [7, 11) is 0. The van der Waals surface area contributed by atoms with Crippen LogP contribution in [0.2, 0.25) is 0 Å².